The Bertz CT molecular complexity index is 188. The van der Waals surface area contributed by atoms with E-state index in [4.69, 9.17) is 5.73 Å². The van der Waals surface area contributed by atoms with Gasteiger partial charge >= 0.3 is 0 Å². The molecule has 0 bridgehead atoms. The fourth-order valence-electron chi connectivity index (χ4n) is 3.14. The summed E-state index contributed by atoms with van der Waals surface area (Å²) >= 11 is 0. The molecular formula is C19H42N2. The van der Waals surface area contributed by atoms with Crippen molar-refractivity contribution in [3.63, 3.8) is 0 Å². The molecule has 0 saturated carbocycles. The highest BCUT2D eigenvalue weighted by atomic mass is 15.1. The van der Waals surface area contributed by atoms with Crippen molar-refractivity contribution in [1.82, 2.24) is 4.90 Å². The molecule has 0 aliphatic heterocycles. The molecule has 0 rings (SSSR count). The Morgan fingerprint density at radius 2 is 1.24 bits per heavy atom. The van der Waals surface area contributed by atoms with Crippen molar-refractivity contribution >= 4 is 0 Å². The van der Waals surface area contributed by atoms with Crippen LogP contribution < -0.4 is 5.73 Å². The average molecular weight is 299 g/mol. The zero-order chi connectivity index (χ0) is 15.9. The van der Waals surface area contributed by atoms with E-state index in [2.05, 4.69) is 32.6 Å². The van der Waals surface area contributed by atoms with Crippen LogP contribution in [0.4, 0.5) is 0 Å². The fraction of sp³-hybridized carbons (Fsp3) is 1.00. The number of unbranched alkanes of at least 4 members (excludes halogenated alkanes) is 2. The van der Waals surface area contributed by atoms with Gasteiger partial charge in [0.15, 0.2) is 0 Å². The second-order valence-electron chi connectivity index (χ2n) is 6.73. The first-order valence-electron chi connectivity index (χ1n) is 9.63. The number of rotatable bonds is 15. The third-order valence-corrected chi connectivity index (χ3v) is 4.80. The molecule has 0 amide bonds. The summed E-state index contributed by atoms with van der Waals surface area (Å²) in [5.74, 6) is 1.76. The highest BCUT2D eigenvalue weighted by Gasteiger charge is 2.16. The maximum atomic E-state index is 5.74. The molecule has 2 nitrogen and oxygen atoms in total. The monoisotopic (exact) mass is 298 g/mol. The van der Waals surface area contributed by atoms with Gasteiger partial charge in [-0.25, -0.2) is 0 Å². The second kappa shape index (κ2) is 14.8. The van der Waals surface area contributed by atoms with E-state index < -0.39 is 0 Å². The summed E-state index contributed by atoms with van der Waals surface area (Å²) in [6, 6.07) is 0. The van der Waals surface area contributed by atoms with E-state index in [0.717, 1.165) is 24.8 Å². The molecule has 0 aliphatic rings. The maximum absolute atomic E-state index is 5.74. The van der Waals surface area contributed by atoms with Crippen molar-refractivity contribution in [3.05, 3.63) is 0 Å². The van der Waals surface area contributed by atoms with Gasteiger partial charge in [-0.2, -0.15) is 0 Å². The van der Waals surface area contributed by atoms with Gasteiger partial charge in [-0.3, -0.25) is 0 Å². The summed E-state index contributed by atoms with van der Waals surface area (Å²) < 4.78 is 0. The molecule has 0 aromatic rings. The molecule has 2 unspecified atom stereocenters. The molecule has 128 valence electrons. The normalized spacial score (nSPS) is 14.6. The molecule has 0 radical (unpaired) electrons. The van der Waals surface area contributed by atoms with Gasteiger partial charge in [0.25, 0.3) is 0 Å². The zero-order valence-electron chi connectivity index (χ0n) is 15.4. The van der Waals surface area contributed by atoms with Crippen LogP contribution in [0, 0.1) is 11.8 Å². The zero-order valence-corrected chi connectivity index (χ0v) is 15.4. The number of nitrogens with zero attached hydrogens (tertiary/aromatic N) is 1. The molecule has 0 aromatic carbocycles. The van der Waals surface area contributed by atoms with Crippen LogP contribution in [0.3, 0.4) is 0 Å². The Morgan fingerprint density at radius 3 is 1.57 bits per heavy atom. The van der Waals surface area contributed by atoms with E-state index in [1.54, 1.807) is 0 Å². The summed E-state index contributed by atoms with van der Waals surface area (Å²) in [6.07, 6.45) is 12.0. The molecule has 21 heavy (non-hydrogen) atoms. The Hall–Kier alpha value is -0.0800. The van der Waals surface area contributed by atoms with Crippen LogP contribution in [0.1, 0.15) is 85.5 Å². The van der Waals surface area contributed by atoms with Crippen LogP contribution in [-0.4, -0.2) is 31.1 Å². The minimum Gasteiger partial charge on any atom is -0.330 e. The van der Waals surface area contributed by atoms with Gasteiger partial charge in [0.2, 0.25) is 0 Å². The topological polar surface area (TPSA) is 29.3 Å². The van der Waals surface area contributed by atoms with E-state index in [-0.39, 0.29) is 0 Å². The predicted octanol–water partition coefficient (Wildman–Crippen LogP) is 5.07. The van der Waals surface area contributed by atoms with Crippen molar-refractivity contribution in [2.45, 2.75) is 85.5 Å². The Labute approximate surface area is 134 Å². The van der Waals surface area contributed by atoms with Crippen molar-refractivity contribution in [1.29, 1.82) is 0 Å². The molecule has 0 saturated heterocycles. The van der Waals surface area contributed by atoms with E-state index in [1.165, 1.54) is 71.0 Å². The molecule has 0 heterocycles. The Balaban J connectivity index is 4.38. The smallest absolute Gasteiger partial charge is 0.000968 e. The van der Waals surface area contributed by atoms with E-state index in [1.807, 2.05) is 0 Å². The molecule has 0 spiro atoms. The number of hydrogen-bond acceptors (Lipinski definition) is 2. The predicted molar refractivity (Wildman–Crippen MR) is 96.7 cm³/mol. The lowest BCUT2D eigenvalue weighted by Crippen LogP contribution is -2.35. The molecule has 2 N–H and O–H groups in total. The second-order valence-corrected chi connectivity index (χ2v) is 6.73. The first-order chi connectivity index (χ1) is 10.2. The molecule has 2 atom stereocenters. The Kier molecular flexibility index (Phi) is 14.8. The van der Waals surface area contributed by atoms with Crippen molar-refractivity contribution in [3.8, 4) is 0 Å². The third kappa shape index (κ3) is 11.2. The fourth-order valence-corrected chi connectivity index (χ4v) is 3.14. The number of hydrogen-bond donors (Lipinski definition) is 1. The first kappa shape index (κ1) is 20.9. The average Bonchev–Trinajstić information content (AvgIpc) is 2.52. The van der Waals surface area contributed by atoms with Crippen molar-refractivity contribution in [2.24, 2.45) is 17.6 Å². The van der Waals surface area contributed by atoms with E-state index in [0.29, 0.717) is 0 Å². The minimum absolute atomic E-state index is 0.827. The van der Waals surface area contributed by atoms with Gasteiger partial charge in [-0.05, 0) is 44.2 Å². The van der Waals surface area contributed by atoms with Crippen LogP contribution in [0.25, 0.3) is 0 Å². The quantitative estimate of drug-likeness (QED) is 0.457. The highest BCUT2D eigenvalue weighted by molar-refractivity contribution is 4.70. The van der Waals surface area contributed by atoms with Crippen molar-refractivity contribution < 1.29 is 0 Å². The van der Waals surface area contributed by atoms with E-state index >= 15 is 0 Å². The maximum Gasteiger partial charge on any atom is 0.000968 e. The largest absolute Gasteiger partial charge is 0.330 e. The Morgan fingerprint density at radius 1 is 0.762 bits per heavy atom. The standard InChI is InChI=1S/C19H42N2/c1-5-9-12-18(7-3)16-21(15-11-14-20)17-19(8-4)13-10-6-2/h18-19H,5-17,20H2,1-4H3. The van der Waals surface area contributed by atoms with Gasteiger partial charge in [0.05, 0.1) is 0 Å². The highest BCUT2D eigenvalue weighted by Crippen LogP contribution is 2.19. The van der Waals surface area contributed by atoms with Crippen LogP contribution >= 0.6 is 0 Å². The van der Waals surface area contributed by atoms with Gasteiger partial charge in [0.1, 0.15) is 0 Å². The van der Waals surface area contributed by atoms with E-state index in [9.17, 15) is 0 Å². The van der Waals surface area contributed by atoms with Crippen LogP contribution in [-0.2, 0) is 0 Å². The summed E-state index contributed by atoms with van der Waals surface area (Å²) in [6.45, 7) is 13.9. The molecule has 0 fully saturated rings. The van der Waals surface area contributed by atoms with Gasteiger partial charge in [-0.1, -0.05) is 66.2 Å². The third-order valence-electron chi connectivity index (χ3n) is 4.80. The summed E-state index contributed by atoms with van der Waals surface area (Å²) in [7, 11) is 0. The van der Waals surface area contributed by atoms with Crippen molar-refractivity contribution in [2.75, 3.05) is 26.2 Å². The van der Waals surface area contributed by atoms with Crippen LogP contribution in [0.2, 0.25) is 0 Å². The lowest BCUT2D eigenvalue weighted by Gasteiger charge is -2.30. The SMILES string of the molecule is CCCCC(CC)CN(CCCN)CC(CC)CCCC. The molecule has 0 aromatic heterocycles. The molecule has 2 heteroatoms. The van der Waals surface area contributed by atoms with Gasteiger partial charge in [-0.15, -0.1) is 0 Å². The molecule has 0 aliphatic carbocycles. The van der Waals surface area contributed by atoms with Crippen LogP contribution in [0.5, 0.6) is 0 Å². The summed E-state index contributed by atoms with van der Waals surface area (Å²) in [5.41, 5.74) is 5.74. The lowest BCUT2D eigenvalue weighted by molar-refractivity contribution is 0.180. The number of nitrogens with two attached hydrogens (primary N) is 1. The minimum atomic E-state index is 0.827. The summed E-state index contributed by atoms with van der Waals surface area (Å²) in [4.78, 5) is 2.72. The van der Waals surface area contributed by atoms with Gasteiger partial charge in [0, 0.05) is 13.1 Å². The molecular weight excluding hydrogens is 256 g/mol. The van der Waals surface area contributed by atoms with Crippen LogP contribution in [0.15, 0.2) is 0 Å². The van der Waals surface area contributed by atoms with Gasteiger partial charge < -0.3 is 10.6 Å². The first-order valence-corrected chi connectivity index (χ1v) is 9.63. The summed E-state index contributed by atoms with van der Waals surface area (Å²) in [5, 5.41) is 0. The lowest BCUT2D eigenvalue weighted by atomic mass is 9.95.